The fraction of sp³-hybridized carbons (Fsp3) is 0.409. The lowest BCUT2D eigenvalue weighted by Crippen LogP contribution is -2.52. The monoisotopic (exact) mass is 413 g/mol. The molecule has 4 rings (SSSR count). The van der Waals surface area contributed by atoms with Gasteiger partial charge in [-0.05, 0) is 30.5 Å². The SMILES string of the molecule is O=C(C(c1ccccc1)N1CCN(S(=O)(=O)c2ccccc2)CC1)N1CCCC1. The second kappa shape index (κ2) is 8.65. The van der Waals surface area contributed by atoms with E-state index in [2.05, 4.69) is 4.90 Å². The van der Waals surface area contributed by atoms with Gasteiger partial charge in [-0.1, -0.05) is 48.5 Å². The fourth-order valence-corrected chi connectivity index (χ4v) is 5.64. The van der Waals surface area contributed by atoms with Crippen molar-refractivity contribution in [2.24, 2.45) is 0 Å². The van der Waals surface area contributed by atoms with E-state index >= 15 is 0 Å². The minimum Gasteiger partial charge on any atom is -0.341 e. The van der Waals surface area contributed by atoms with E-state index in [1.807, 2.05) is 41.3 Å². The van der Waals surface area contributed by atoms with Gasteiger partial charge >= 0.3 is 0 Å². The normalized spacial score (nSPS) is 19.9. The molecule has 2 aromatic rings. The van der Waals surface area contributed by atoms with Crippen LogP contribution < -0.4 is 0 Å². The van der Waals surface area contributed by atoms with E-state index in [1.165, 1.54) is 4.31 Å². The summed E-state index contributed by atoms with van der Waals surface area (Å²) >= 11 is 0. The van der Waals surface area contributed by atoms with Crippen molar-refractivity contribution >= 4 is 15.9 Å². The minimum absolute atomic E-state index is 0.132. The van der Waals surface area contributed by atoms with Crippen LogP contribution in [0.5, 0.6) is 0 Å². The van der Waals surface area contributed by atoms with Crippen LogP contribution >= 0.6 is 0 Å². The maximum atomic E-state index is 13.3. The van der Waals surface area contributed by atoms with Gasteiger partial charge in [0.25, 0.3) is 0 Å². The van der Waals surface area contributed by atoms with E-state index in [0.29, 0.717) is 31.1 Å². The Hall–Kier alpha value is -2.22. The molecule has 2 fully saturated rings. The fourth-order valence-electron chi connectivity index (χ4n) is 4.20. The molecule has 2 aliphatic rings. The molecule has 0 bridgehead atoms. The third-order valence-corrected chi connectivity index (χ3v) is 7.70. The lowest BCUT2D eigenvalue weighted by Gasteiger charge is -2.39. The highest BCUT2D eigenvalue weighted by atomic mass is 32.2. The molecule has 6 nitrogen and oxygen atoms in total. The molecular weight excluding hydrogens is 386 g/mol. The first-order valence-electron chi connectivity index (χ1n) is 10.2. The first-order valence-corrected chi connectivity index (χ1v) is 11.6. The second-order valence-corrected chi connectivity index (χ2v) is 9.54. The van der Waals surface area contributed by atoms with Crippen LogP contribution in [0.25, 0.3) is 0 Å². The summed E-state index contributed by atoms with van der Waals surface area (Å²) in [5, 5.41) is 0. The number of hydrogen-bond acceptors (Lipinski definition) is 4. The average Bonchev–Trinajstić information content (AvgIpc) is 3.31. The molecule has 2 heterocycles. The summed E-state index contributed by atoms with van der Waals surface area (Å²) in [4.78, 5) is 17.7. The number of carbonyl (C=O) groups is 1. The molecule has 0 spiro atoms. The van der Waals surface area contributed by atoms with Crippen molar-refractivity contribution in [2.75, 3.05) is 39.3 Å². The van der Waals surface area contributed by atoms with Crippen molar-refractivity contribution in [3.05, 3.63) is 66.2 Å². The van der Waals surface area contributed by atoms with Crippen molar-refractivity contribution in [3.8, 4) is 0 Å². The number of likely N-dealkylation sites (tertiary alicyclic amines) is 1. The maximum Gasteiger partial charge on any atom is 0.244 e. The zero-order valence-electron chi connectivity index (χ0n) is 16.5. The van der Waals surface area contributed by atoms with E-state index in [4.69, 9.17) is 0 Å². The van der Waals surface area contributed by atoms with Gasteiger partial charge in [0.2, 0.25) is 15.9 Å². The molecule has 0 saturated carbocycles. The highest BCUT2D eigenvalue weighted by Crippen LogP contribution is 2.27. The number of amides is 1. The summed E-state index contributed by atoms with van der Waals surface area (Å²) in [5.74, 6) is 0.132. The first-order chi connectivity index (χ1) is 14.1. The first kappa shape index (κ1) is 20.1. The number of piperazine rings is 1. The number of sulfonamides is 1. The van der Waals surface area contributed by atoms with Crippen LogP contribution in [0.3, 0.4) is 0 Å². The Labute approximate surface area is 172 Å². The maximum absolute atomic E-state index is 13.3. The third kappa shape index (κ3) is 4.22. The summed E-state index contributed by atoms with van der Waals surface area (Å²) in [6, 6.07) is 18.0. The van der Waals surface area contributed by atoms with Crippen molar-refractivity contribution < 1.29 is 13.2 Å². The Morgan fingerprint density at radius 2 is 1.31 bits per heavy atom. The number of benzene rings is 2. The molecule has 1 unspecified atom stereocenters. The van der Waals surface area contributed by atoms with Crippen LogP contribution in [-0.2, 0) is 14.8 Å². The summed E-state index contributed by atoms with van der Waals surface area (Å²) in [7, 11) is -3.50. The van der Waals surface area contributed by atoms with Crippen LogP contribution in [0.1, 0.15) is 24.4 Å². The molecule has 0 N–H and O–H groups in total. The van der Waals surface area contributed by atoms with Crippen LogP contribution in [0.15, 0.2) is 65.6 Å². The van der Waals surface area contributed by atoms with Gasteiger partial charge in [-0.15, -0.1) is 0 Å². The van der Waals surface area contributed by atoms with Crippen molar-refractivity contribution in [2.45, 2.75) is 23.8 Å². The van der Waals surface area contributed by atoms with Gasteiger partial charge in [0, 0.05) is 39.3 Å². The third-order valence-electron chi connectivity index (χ3n) is 5.79. The molecule has 1 atom stereocenters. The zero-order chi connectivity index (χ0) is 20.3. The molecule has 2 aliphatic heterocycles. The molecule has 0 aromatic heterocycles. The molecule has 1 amide bonds. The van der Waals surface area contributed by atoms with Crippen molar-refractivity contribution in [1.29, 1.82) is 0 Å². The van der Waals surface area contributed by atoms with Crippen molar-refractivity contribution in [1.82, 2.24) is 14.1 Å². The summed E-state index contributed by atoms with van der Waals surface area (Å²) in [6.07, 6.45) is 2.10. The summed E-state index contributed by atoms with van der Waals surface area (Å²) in [5.41, 5.74) is 0.976. The van der Waals surface area contributed by atoms with Gasteiger partial charge in [0.05, 0.1) is 4.90 Å². The molecule has 2 aromatic carbocycles. The van der Waals surface area contributed by atoms with E-state index in [-0.39, 0.29) is 11.9 Å². The Morgan fingerprint density at radius 3 is 1.90 bits per heavy atom. The van der Waals surface area contributed by atoms with Crippen LogP contribution in [0, 0.1) is 0 Å². The van der Waals surface area contributed by atoms with Gasteiger partial charge in [0.1, 0.15) is 6.04 Å². The van der Waals surface area contributed by atoms with E-state index in [1.54, 1.807) is 24.3 Å². The van der Waals surface area contributed by atoms with Crippen LogP contribution in [-0.4, -0.2) is 67.7 Å². The Balaban J connectivity index is 1.52. The van der Waals surface area contributed by atoms with Crippen LogP contribution in [0.4, 0.5) is 0 Å². The Bertz CT molecular complexity index is 920. The lowest BCUT2D eigenvalue weighted by atomic mass is 10.0. The topological polar surface area (TPSA) is 60.9 Å². The largest absolute Gasteiger partial charge is 0.341 e. The van der Waals surface area contributed by atoms with Gasteiger partial charge in [-0.2, -0.15) is 4.31 Å². The molecule has 7 heteroatoms. The smallest absolute Gasteiger partial charge is 0.244 e. The molecular formula is C22H27N3O3S. The number of carbonyl (C=O) groups excluding carboxylic acids is 1. The number of nitrogens with zero attached hydrogens (tertiary/aromatic N) is 3. The molecule has 2 saturated heterocycles. The predicted molar refractivity (Wildman–Crippen MR) is 112 cm³/mol. The van der Waals surface area contributed by atoms with Gasteiger partial charge in [0.15, 0.2) is 0 Å². The van der Waals surface area contributed by atoms with Gasteiger partial charge in [-0.3, -0.25) is 9.69 Å². The summed E-state index contributed by atoms with van der Waals surface area (Å²) in [6.45, 7) is 3.45. The lowest BCUT2D eigenvalue weighted by molar-refractivity contribution is -0.136. The van der Waals surface area contributed by atoms with Crippen molar-refractivity contribution in [3.63, 3.8) is 0 Å². The Kier molecular flexibility index (Phi) is 5.99. The highest BCUT2D eigenvalue weighted by Gasteiger charge is 2.36. The molecule has 0 aliphatic carbocycles. The van der Waals surface area contributed by atoms with E-state index in [0.717, 1.165) is 31.5 Å². The highest BCUT2D eigenvalue weighted by molar-refractivity contribution is 7.89. The second-order valence-electron chi connectivity index (χ2n) is 7.60. The number of hydrogen-bond donors (Lipinski definition) is 0. The summed E-state index contributed by atoms with van der Waals surface area (Å²) < 4.78 is 27.3. The zero-order valence-corrected chi connectivity index (χ0v) is 17.3. The quantitative estimate of drug-likeness (QED) is 0.755. The molecule has 0 radical (unpaired) electrons. The standard InChI is InChI=1S/C22H27N3O3S/c26-22(24-13-7-8-14-24)21(19-9-3-1-4-10-19)23-15-17-25(18-16-23)29(27,28)20-11-5-2-6-12-20/h1-6,9-12,21H,7-8,13-18H2. The van der Waals surface area contributed by atoms with Gasteiger partial charge in [-0.25, -0.2) is 8.42 Å². The number of rotatable bonds is 5. The average molecular weight is 414 g/mol. The minimum atomic E-state index is -3.50. The van der Waals surface area contributed by atoms with E-state index < -0.39 is 10.0 Å². The van der Waals surface area contributed by atoms with E-state index in [9.17, 15) is 13.2 Å². The molecule has 154 valence electrons. The Morgan fingerprint density at radius 1 is 0.759 bits per heavy atom. The van der Waals surface area contributed by atoms with Crippen LogP contribution in [0.2, 0.25) is 0 Å². The molecule has 29 heavy (non-hydrogen) atoms. The predicted octanol–water partition coefficient (Wildman–Crippen LogP) is 2.36. The van der Waals surface area contributed by atoms with Gasteiger partial charge < -0.3 is 4.90 Å².